The lowest BCUT2D eigenvalue weighted by Crippen LogP contribution is -2.55. The number of Topliss-reactive ketones (excluding diaryl/α,β-unsaturated/α-hetero) is 2. The van der Waals surface area contributed by atoms with Crippen LogP contribution in [-0.2, 0) is 22.4 Å². The molecule has 2 heterocycles. The maximum absolute atomic E-state index is 13.7. The summed E-state index contributed by atoms with van der Waals surface area (Å²) < 4.78 is 0. The normalized spacial score (nSPS) is 21.0. The average Bonchev–Trinajstić information content (AvgIpc) is 2.86. The topological polar surface area (TPSA) is 108 Å². The molecule has 188 valence electrons. The van der Waals surface area contributed by atoms with E-state index in [9.17, 15) is 14.4 Å². The molecule has 1 atom stereocenters. The van der Waals surface area contributed by atoms with Crippen LogP contribution in [-0.4, -0.2) is 52.9 Å². The number of carbonyl (C=O) groups is 3. The van der Waals surface area contributed by atoms with Crippen molar-refractivity contribution < 1.29 is 14.4 Å². The Morgan fingerprint density at radius 2 is 1.67 bits per heavy atom. The van der Waals surface area contributed by atoms with Gasteiger partial charge in [0.1, 0.15) is 6.04 Å². The molecule has 2 fully saturated rings. The molecular weight excluding hydrogens is 452 g/mol. The molecule has 1 unspecified atom stereocenters. The van der Waals surface area contributed by atoms with E-state index < -0.39 is 6.04 Å². The number of fused-ring (bicyclic) bond motifs is 1. The number of likely N-dealkylation sites (tertiary alicyclic amines) is 1. The molecule has 0 bridgehead atoms. The van der Waals surface area contributed by atoms with Crippen molar-refractivity contribution in [3.05, 3.63) is 70.8 Å². The van der Waals surface area contributed by atoms with Crippen molar-refractivity contribution in [3.8, 4) is 0 Å². The summed E-state index contributed by atoms with van der Waals surface area (Å²) in [6.07, 6.45) is 4.59. The minimum absolute atomic E-state index is 0.00362. The van der Waals surface area contributed by atoms with Crippen LogP contribution in [0.15, 0.2) is 48.5 Å². The number of ketones is 2. The molecule has 7 heteroatoms. The van der Waals surface area contributed by atoms with E-state index in [1.54, 1.807) is 12.1 Å². The van der Waals surface area contributed by atoms with Crippen LogP contribution in [0.1, 0.15) is 65.7 Å². The average molecular weight is 487 g/mol. The molecule has 0 aromatic heterocycles. The van der Waals surface area contributed by atoms with Crippen molar-refractivity contribution in [2.24, 2.45) is 17.1 Å². The molecule has 1 amide bonds. The first kappa shape index (κ1) is 24.2. The zero-order valence-electron chi connectivity index (χ0n) is 20.8. The molecular formula is C29H34N4O3. The van der Waals surface area contributed by atoms with Crippen LogP contribution in [0.25, 0.3) is 0 Å². The van der Waals surface area contributed by atoms with Gasteiger partial charge in [0.25, 0.3) is 0 Å². The lowest BCUT2D eigenvalue weighted by Gasteiger charge is -2.53. The van der Waals surface area contributed by atoms with E-state index in [-0.39, 0.29) is 41.2 Å². The number of benzene rings is 2. The number of nitrogens with two attached hydrogens (primary N) is 1. The van der Waals surface area contributed by atoms with Gasteiger partial charge in [-0.25, -0.2) is 0 Å². The number of nitrogens with one attached hydrogen (secondary N) is 1. The zero-order chi connectivity index (χ0) is 25.4. The van der Waals surface area contributed by atoms with Crippen LogP contribution < -0.4 is 5.73 Å². The highest BCUT2D eigenvalue weighted by molar-refractivity contribution is 5.95. The summed E-state index contributed by atoms with van der Waals surface area (Å²) in [6.45, 7) is 3.63. The van der Waals surface area contributed by atoms with E-state index in [1.165, 1.54) is 6.92 Å². The van der Waals surface area contributed by atoms with E-state index in [4.69, 9.17) is 11.1 Å². The van der Waals surface area contributed by atoms with Crippen molar-refractivity contribution in [2.75, 3.05) is 19.6 Å². The number of nitrogens with zero attached hydrogens (tertiary/aromatic N) is 2. The second kappa shape index (κ2) is 9.52. The fourth-order valence-electron chi connectivity index (χ4n) is 6.33. The Balaban J connectivity index is 1.32. The molecule has 1 saturated carbocycles. The van der Waals surface area contributed by atoms with Gasteiger partial charge in [0.2, 0.25) is 5.91 Å². The lowest BCUT2D eigenvalue weighted by molar-refractivity contribution is -0.151. The number of piperidine rings is 1. The molecule has 5 rings (SSSR count). The quantitative estimate of drug-likeness (QED) is 0.382. The zero-order valence-corrected chi connectivity index (χ0v) is 20.8. The summed E-state index contributed by atoms with van der Waals surface area (Å²) in [5, 5.41) is 7.66. The van der Waals surface area contributed by atoms with Gasteiger partial charge in [-0.3, -0.25) is 19.8 Å². The SMILES string of the molecule is CC(=O)c1ccc(CC(=O)C2c3ccccc3CCN2C(=O)C2CC3(CCN(C(=N)N)CC3)C2)cc1. The highest BCUT2D eigenvalue weighted by atomic mass is 16.2. The summed E-state index contributed by atoms with van der Waals surface area (Å²) in [5.74, 6) is 0.172. The van der Waals surface area contributed by atoms with Gasteiger partial charge in [-0.15, -0.1) is 0 Å². The number of guanidine groups is 1. The predicted molar refractivity (Wildman–Crippen MR) is 138 cm³/mol. The Labute approximate surface area is 212 Å². The van der Waals surface area contributed by atoms with Crippen molar-refractivity contribution in [2.45, 2.75) is 51.5 Å². The Bertz CT molecular complexity index is 1190. The molecule has 7 nitrogen and oxygen atoms in total. The Hall–Kier alpha value is -3.48. The van der Waals surface area contributed by atoms with Crippen molar-refractivity contribution in [3.63, 3.8) is 0 Å². The van der Waals surface area contributed by atoms with E-state index in [2.05, 4.69) is 6.07 Å². The van der Waals surface area contributed by atoms with E-state index in [0.717, 1.165) is 61.9 Å². The van der Waals surface area contributed by atoms with Gasteiger partial charge in [0.05, 0.1) is 0 Å². The van der Waals surface area contributed by atoms with Crippen molar-refractivity contribution >= 4 is 23.4 Å². The number of hydrogen-bond acceptors (Lipinski definition) is 4. The number of amides is 1. The van der Waals surface area contributed by atoms with Crippen LogP contribution in [0.4, 0.5) is 0 Å². The van der Waals surface area contributed by atoms with Crippen LogP contribution in [0.3, 0.4) is 0 Å². The first-order chi connectivity index (χ1) is 17.3. The standard InChI is InChI=1S/C29H34N4O3/c1-19(34)21-8-6-20(7-9-21)16-25(35)26-24-5-3-2-4-22(24)10-13-33(26)27(36)23-17-29(18-23)11-14-32(15-12-29)28(30)31/h2-9,23,26H,10-18H2,1H3,(H3,30,31). The minimum Gasteiger partial charge on any atom is -0.370 e. The molecule has 2 aromatic carbocycles. The Morgan fingerprint density at radius 3 is 2.31 bits per heavy atom. The van der Waals surface area contributed by atoms with Crippen LogP contribution in [0.5, 0.6) is 0 Å². The highest BCUT2D eigenvalue weighted by Gasteiger charge is 2.51. The molecule has 1 aliphatic carbocycles. The maximum Gasteiger partial charge on any atom is 0.226 e. The Kier molecular flexibility index (Phi) is 6.41. The third-order valence-corrected chi connectivity index (χ3v) is 8.48. The predicted octanol–water partition coefficient (Wildman–Crippen LogP) is 3.51. The van der Waals surface area contributed by atoms with Gasteiger partial charge in [0.15, 0.2) is 17.5 Å². The number of hydrogen-bond donors (Lipinski definition) is 2. The van der Waals surface area contributed by atoms with Gasteiger partial charge >= 0.3 is 0 Å². The second-order valence-corrected chi connectivity index (χ2v) is 10.8. The van der Waals surface area contributed by atoms with Crippen LogP contribution in [0.2, 0.25) is 0 Å². The van der Waals surface area contributed by atoms with Gasteiger partial charge in [-0.1, -0.05) is 48.5 Å². The van der Waals surface area contributed by atoms with E-state index in [0.29, 0.717) is 12.1 Å². The Morgan fingerprint density at radius 1 is 1.00 bits per heavy atom. The third kappa shape index (κ3) is 4.54. The molecule has 1 saturated heterocycles. The molecule has 0 radical (unpaired) electrons. The largest absolute Gasteiger partial charge is 0.370 e. The first-order valence-electron chi connectivity index (χ1n) is 12.9. The third-order valence-electron chi connectivity index (χ3n) is 8.48. The smallest absolute Gasteiger partial charge is 0.226 e. The molecule has 3 N–H and O–H groups in total. The van der Waals surface area contributed by atoms with E-state index in [1.807, 2.05) is 40.1 Å². The molecule has 2 aliphatic heterocycles. The number of carbonyl (C=O) groups excluding carboxylic acids is 3. The highest BCUT2D eigenvalue weighted by Crippen LogP contribution is 2.53. The fourth-order valence-corrected chi connectivity index (χ4v) is 6.33. The van der Waals surface area contributed by atoms with Crippen molar-refractivity contribution in [1.29, 1.82) is 5.41 Å². The van der Waals surface area contributed by atoms with E-state index >= 15 is 0 Å². The van der Waals surface area contributed by atoms with Crippen LogP contribution >= 0.6 is 0 Å². The number of rotatable bonds is 5. The van der Waals surface area contributed by atoms with Gasteiger partial charge in [-0.05, 0) is 61.1 Å². The summed E-state index contributed by atoms with van der Waals surface area (Å²) in [7, 11) is 0. The monoisotopic (exact) mass is 486 g/mol. The molecule has 2 aromatic rings. The first-order valence-corrected chi connectivity index (χ1v) is 12.9. The van der Waals surface area contributed by atoms with Crippen LogP contribution in [0, 0.1) is 16.7 Å². The fraction of sp³-hybridized carbons (Fsp3) is 0.448. The summed E-state index contributed by atoms with van der Waals surface area (Å²) in [6, 6.07) is 14.6. The van der Waals surface area contributed by atoms with Gasteiger partial charge < -0.3 is 15.5 Å². The molecule has 1 spiro atoms. The summed E-state index contributed by atoms with van der Waals surface area (Å²) >= 11 is 0. The maximum atomic E-state index is 13.7. The summed E-state index contributed by atoms with van der Waals surface area (Å²) in [5.41, 5.74) is 9.35. The second-order valence-electron chi connectivity index (χ2n) is 10.8. The molecule has 3 aliphatic rings. The lowest BCUT2D eigenvalue weighted by atomic mass is 9.57. The molecule has 36 heavy (non-hydrogen) atoms. The minimum atomic E-state index is -0.578. The van der Waals surface area contributed by atoms with Gasteiger partial charge in [0, 0.05) is 37.5 Å². The summed E-state index contributed by atoms with van der Waals surface area (Å²) in [4.78, 5) is 42.8. The van der Waals surface area contributed by atoms with Crippen molar-refractivity contribution in [1.82, 2.24) is 9.80 Å². The van der Waals surface area contributed by atoms with Gasteiger partial charge in [-0.2, -0.15) is 0 Å².